The highest BCUT2D eigenvalue weighted by atomic mass is 16.5. The first-order valence-corrected chi connectivity index (χ1v) is 7.88. The lowest BCUT2D eigenvalue weighted by atomic mass is 10.1. The number of ether oxygens (including phenoxy) is 2. The summed E-state index contributed by atoms with van der Waals surface area (Å²) in [6, 6.07) is 7.14. The molecule has 1 unspecified atom stereocenters. The largest absolute Gasteiger partial charge is 0.497 e. The van der Waals surface area contributed by atoms with Crippen molar-refractivity contribution in [3.8, 4) is 11.5 Å². The predicted molar refractivity (Wildman–Crippen MR) is 84.7 cm³/mol. The first kappa shape index (κ1) is 17.1. The molecule has 0 aliphatic carbocycles. The Morgan fingerprint density at radius 1 is 1.26 bits per heavy atom. The van der Waals surface area contributed by atoms with Gasteiger partial charge in [-0.1, -0.05) is 0 Å². The van der Waals surface area contributed by atoms with Crippen LogP contribution in [0.1, 0.15) is 32.1 Å². The Labute approximate surface area is 136 Å². The standard InChI is InChI=1S/C17H23NO5/c1-22-14-6-8-15(9-7-14)23-11-3-5-16(19)18-10-2-4-13(18)12-17(20)21/h6-9,13H,2-5,10-12H2,1H3,(H,20,21). The monoisotopic (exact) mass is 321 g/mol. The third-order valence-electron chi connectivity index (χ3n) is 3.97. The summed E-state index contributed by atoms with van der Waals surface area (Å²) in [5, 5.41) is 8.88. The third kappa shape index (κ3) is 5.16. The van der Waals surface area contributed by atoms with Crippen molar-refractivity contribution in [2.75, 3.05) is 20.3 Å². The number of aliphatic carboxylic acids is 1. The number of carboxylic acid groups (broad SMARTS) is 1. The van der Waals surface area contributed by atoms with Crippen LogP contribution in [0.3, 0.4) is 0 Å². The normalized spacial score (nSPS) is 17.1. The van der Waals surface area contributed by atoms with E-state index in [1.165, 1.54) is 0 Å². The van der Waals surface area contributed by atoms with Crippen molar-refractivity contribution in [2.24, 2.45) is 0 Å². The van der Waals surface area contributed by atoms with Gasteiger partial charge in [-0.25, -0.2) is 0 Å². The second-order valence-corrected chi connectivity index (χ2v) is 5.61. The summed E-state index contributed by atoms with van der Waals surface area (Å²) in [7, 11) is 1.61. The molecule has 1 fully saturated rings. The number of carbonyl (C=O) groups is 2. The summed E-state index contributed by atoms with van der Waals surface area (Å²) < 4.78 is 10.7. The molecular formula is C17H23NO5. The Hall–Kier alpha value is -2.24. The SMILES string of the molecule is COc1ccc(OCCCC(=O)N2CCCC2CC(=O)O)cc1. The molecule has 1 aliphatic heterocycles. The topological polar surface area (TPSA) is 76.1 Å². The summed E-state index contributed by atoms with van der Waals surface area (Å²) >= 11 is 0. The molecule has 0 bridgehead atoms. The van der Waals surface area contributed by atoms with Crippen LogP contribution in [0.25, 0.3) is 0 Å². The van der Waals surface area contributed by atoms with E-state index in [0.717, 1.165) is 24.3 Å². The maximum atomic E-state index is 12.2. The number of nitrogens with zero attached hydrogens (tertiary/aromatic N) is 1. The number of benzene rings is 1. The number of methoxy groups -OCH3 is 1. The molecule has 0 radical (unpaired) electrons. The molecule has 1 amide bonds. The fourth-order valence-electron chi connectivity index (χ4n) is 2.81. The molecule has 126 valence electrons. The smallest absolute Gasteiger partial charge is 0.305 e. The lowest BCUT2D eigenvalue weighted by Crippen LogP contribution is -2.36. The van der Waals surface area contributed by atoms with E-state index in [1.807, 2.05) is 24.3 Å². The van der Waals surface area contributed by atoms with Crippen LogP contribution in [0.4, 0.5) is 0 Å². The third-order valence-corrected chi connectivity index (χ3v) is 3.97. The number of amides is 1. The van der Waals surface area contributed by atoms with Crippen molar-refractivity contribution < 1.29 is 24.2 Å². The van der Waals surface area contributed by atoms with Crippen LogP contribution in [0, 0.1) is 0 Å². The van der Waals surface area contributed by atoms with Crippen molar-refractivity contribution in [1.29, 1.82) is 0 Å². The van der Waals surface area contributed by atoms with Gasteiger partial charge in [-0.05, 0) is 43.5 Å². The molecule has 6 heteroatoms. The number of rotatable bonds is 8. The highest BCUT2D eigenvalue weighted by Crippen LogP contribution is 2.22. The van der Waals surface area contributed by atoms with Crippen LogP contribution in [0.2, 0.25) is 0 Å². The van der Waals surface area contributed by atoms with Gasteiger partial charge < -0.3 is 19.5 Å². The van der Waals surface area contributed by atoms with Gasteiger partial charge >= 0.3 is 5.97 Å². The number of hydrogen-bond donors (Lipinski definition) is 1. The van der Waals surface area contributed by atoms with E-state index in [1.54, 1.807) is 12.0 Å². The summed E-state index contributed by atoms with van der Waals surface area (Å²) in [6.45, 7) is 1.12. The molecule has 0 saturated carbocycles. The highest BCUT2D eigenvalue weighted by molar-refractivity contribution is 5.78. The number of likely N-dealkylation sites (tertiary alicyclic amines) is 1. The highest BCUT2D eigenvalue weighted by Gasteiger charge is 2.29. The van der Waals surface area contributed by atoms with E-state index in [0.29, 0.717) is 26.0 Å². The maximum Gasteiger partial charge on any atom is 0.305 e. The van der Waals surface area contributed by atoms with Gasteiger partial charge in [0, 0.05) is 19.0 Å². The fourth-order valence-corrected chi connectivity index (χ4v) is 2.81. The van der Waals surface area contributed by atoms with E-state index in [2.05, 4.69) is 0 Å². The second-order valence-electron chi connectivity index (χ2n) is 5.61. The fraction of sp³-hybridized carbons (Fsp3) is 0.529. The van der Waals surface area contributed by atoms with Gasteiger partial charge in [-0.15, -0.1) is 0 Å². The van der Waals surface area contributed by atoms with Crippen molar-refractivity contribution in [3.63, 3.8) is 0 Å². The van der Waals surface area contributed by atoms with Crippen LogP contribution in [-0.4, -0.2) is 48.2 Å². The number of hydrogen-bond acceptors (Lipinski definition) is 4. The zero-order valence-corrected chi connectivity index (χ0v) is 13.4. The minimum Gasteiger partial charge on any atom is -0.497 e. The lowest BCUT2D eigenvalue weighted by Gasteiger charge is -2.23. The van der Waals surface area contributed by atoms with E-state index in [4.69, 9.17) is 14.6 Å². The Bertz CT molecular complexity index is 528. The van der Waals surface area contributed by atoms with Gasteiger partial charge in [0.25, 0.3) is 0 Å². The zero-order chi connectivity index (χ0) is 16.7. The van der Waals surface area contributed by atoms with Crippen LogP contribution >= 0.6 is 0 Å². The Kier molecular flexibility index (Phi) is 6.26. The van der Waals surface area contributed by atoms with Crippen molar-refractivity contribution in [3.05, 3.63) is 24.3 Å². The molecule has 1 aliphatic rings. The summed E-state index contributed by atoms with van der Waals surface area (Å²) in [4.78, 5) is 24.7. The average molecular weight is 321 g/mol. The molecule has 1 saturated heterocycles. The Morgan fingerprint density at radius 2 is 1.96 bits per heavy atom. The molecule has 1 heterocycles. The number of carbonyl (C=O) groups excluding carboxylic acids is 1. The zero-order valence-electron chi connectivity index (χ0n) is 13.4. The molecule has 0 aromatic heterocycles. The molecule has 1 aromatic carbocycles. The molecular weight excluding hydrogens is 298 g/mol. The molecule has 23 heavy (non-hydrogen) atoms. The molecule has 2 rings (SSSR count). The average Bonchev–Trinajstić information content (AvgIpc) is 2.99. The van der Waals surface area contributed by atoms with Gasteiger partial charge in [0.15, 0.2) is 0 Å². The van der Waals surface area contributed by atoms with Crippen LogP contribution in [-0.2, 0) is 9.59 Å². The minimum absolute atomic E-state index is 0.0204. The number of carboxylic acids is 1. The summed E-state index contributed by atoms with van der Waals surface area (Å²) in [5.74, 6) is 0.679. The van der Waals surface area contributed by atoms with Gasteiger partial charge in [0.1, 0.15) is 11.5 Å². The van der Waals surface area contributed by atoms with E-state index in [9.17, 15) is 9.59 Å². The van der Waals surface area contributed by atoms with E-state index >= 15 is 0 Å². The van der Waals surface area contributed by atoms with Crippen LogP contribution in [0.5, 0.6) is 11.5 Å². The van der Waals surface area contributed by atoms with Crippen molar-refractivity contribution >= 4 is 11.9 Å². The van der Waals surface area contributed by atoms with Gasteiger partial charge in [0.05, 0.1) is 20.1 Å². The van der Waals surface area contributed by atoms with E-state index in [-0.39, 0.29) is 18.4 Å². The van der Waals surface area contributed by atoms with Crippen LogP contribution < -0.4 is 9.47 Å². The molecule has 1 N–H and O–H groups in total. The van der Waals surface area contributed by atoms with Gasteiger partial charge in [-0.2, -0.15) is 0 Å². The Balaban J connectivity index is 1.70. The minimum atomic E-state index is -0.850. The van der Waals surface area contributed by atoms with E-state index < -0.39 is 5.97 Å². The summed E-state index contributed by atoms with van der Waals surface area (Å²) in [6.07, 6.45) is 2.69. The van der Waals surface area contributed by atoms with Gasteiger partial charge in [0.2, 0.25) is 5.91 Å². The second kappa shape index (κ2) is 8.41. The van der Waals surface area contributed by atoms with Crippen LogP contribution in [0.15, 0.2) is 24.3 Å². The van der Waals surface area contributed by atoms with Crippen molar-refractivity contribution in [1.82, 2.24) is 4.90 Å². The molecule has 0 spiro atoms. The predicted octanol–water partition coefficient (Wildman–Crippen LogP) is 2.32. The maximum absolute atomic E-state index is 12.2. The molecule has 6 nitrogen and oxygen atoms in total. The lowest BCUT2D eigenvalue weighted by molar-refractivity contribution is -0.139. The first-order valence-electron chi connectivity index (χ1n) is 7.88. The first-order chi connectivity index (χ1) is 11.1. The van der Waals surface area contributed by atoms with Gasteiger partial charge in [-0.3, -0.25) is 9.59 Å². The molecule has 1 aromatic rings. The quantitative estimate of drug-likeness (QED) is 0.744. The Morgan fingerprint density at radius 3 is 2.61 bits per heavy atom. The molecule has 1 atom stereocenters. The summed E-state index contributed by atoms with van der Waals surface area (Å²) in [5.41, 5.74) is 0. The van der Waals surface area contributed by atoms with Crippen molar-refractivity contribution in [2.45, 2.75) is 38.1 Å².